The fourth-order valence-electron chi connectivity index (χ4n) is 7.09. The van der Waals surface area contributed by atoms with Crippen LogP contribution in [-0.2, 0) is 22.6 Å². The number of hydrogen-bond acceptors (Lipinski definition) is 5. The van der Waals surface area contributed by atoms with E-state index in [1.54, 1.807) is 6.07 Å². The van der Waals surface area contributed by atoms with Crippen molar-refractivity contribution in [2.45, 2.75) is 92.1 Å². The fraction of sp³-hybridized carbons (Fsp3) is 0.364. The second kappa shape index (κ2) is 18.6. The van der Waals surface area contributed by atoms with E-state index in [0.29, 0.717) is 34.1 Å². The van der Waals surface area contributed by atoms with Crippen molar-refractivity contribution in [2.24, 2.45) is 0 Å². The summed E-state index contributed by atoms with van der Waals surface area (Å²) in [5, 5.41) is 0. The van der Waals surface area contributed by atoms with Crippen LogP contribution in [-0.4, -0.2) is 35.6 Å². The molecule has 0 saturated carbocycles. The van der Waals surface area contributed by atoms with Crippen LogP contribution in [0, 0.1) is 35.8 Å². The number of imide groups is 1. The monoisotopic (exact) mass is 898 g/mol. The molecule has 2 heterocycles. The zero-order valence-electron chi connectivity index (χ0n) is 33.4. The van der Waals surface area contributed by atoms with Crippen LogP contribution in [0.5, 0.6) is 5.75 Å². The second-order valence-corrected chi connectivity index (χ2v) is 15.7. The molecule has 57 heavy (non-hydrogen) atoms. The van der Waals surface area contributed by atoms with Gasteiger partial charge in [-0.25, -0.2) is 0 Å². The van der Waals surface area contributed by atoms with E-state index in [2.05, 4.69) is 126 Å². The minimum Gasteiger partial charge on any atom is -0.147 e. The van der Waals surface area contributed by atoms with Crippen molar-refractivity contribution in [1.82, 2.24) is 0 Å². The zero-order valence-corrected chi connectivity index (χ0v) is 35.9. The maximum absolute atomic E-state index is 14.0. The number of hydrogen-bond donors (Lipinski definition) is 0. The van der Waals surface area contributed by atoms with Crippen LogP contribution in [0.3, 0.4) is 0 Å². The first-order chi connectivity index (χ1) is 26.4. The number of benzene rings is 4. The normalized spacial score (nSPS) is 15.2. The Morgan fingerprint density at radius 2 is 1.09 bits per heavy atom. The number of ether oxygens (including phenoxy) is 1. The molecule has 2 amide bonds. The minimum absolute atomic E-state index is 0. The third kappa shape index (κ3) is 8.82. The van der Waals surface area contributed by atoms with Crippen molar-refractivity contribution in [1.29, 1.82) is 0 Å². The summed E-state index contributed by atoms with van der Waals surface area (Å²) in [5.41, 5.74) is 7.21. The van der Waals surface area contributed by atoms with Gasteiger partial charge in [0.2, 0.25) is 0 Å². The van der Waals surface area contributed by atoms with Gasteiger partial charge in [-0.15, -0.1) is 12.4 Å². The maximum atomic E-state index is 14.0. The van der Waals surface area contributed by atoms with E-state index in [4.69, 9.17) is 4.74 Å². The number of carbonyl (C=O) groups excluding carboxylic acids is 2. The molecule has 1 atom stereocenters. The van der Waals surface area contributed by atoms with Crippen LogP contribution >= 0.6 is 12.4 Å². The Morgan fingerprint density at radius 1 is 0.702 bits per heavy atom. The molecule has 4 aromatic rings. The van der Waals surface area contributed by atoms with E-state index < -0.39 is 52.6 Å². The van der Waals surface area contributed by atoms with E-state index >= 15 is 0 Å². The van der Waals surface area contributed by atoms with Gasteiger partial charge in [-0.3, -0.25) is 0 Å². The molecule has 307 valence electrons. The molecule has 13 heteroatoms. The molecule has 1 saturated heterocycles. The van der Waals surface area contributed by atoms with Crippen molar-refractivity contribution < 1.29 is 54.1 Å². The van der Waals surface area contributed by atoms with Crippen LogP contribution in [0.15, 0.2) is 54.6 Å². The molecule has 0 aliphatic carbocycles. The van der Waals surface area contributed by atoms with Gasteiger partial charge in [0.15, 0.2) is 0 Å². The Bertz CT molecular complexity index is 2010. The Labute approximate surface area is 348 Å². The third-order valence-electron chi connectivity index (χ3n) is 9.99. The summed E-state index contributed by atoms with van der Waals surface area (Å²) in [7, 11) is 0. The molecule has 0 radical (unpaired) electrons. The third-order valence-corrected chi connectivity index (χ3v) is 10.5. The molecule has 0 aromatic heterocycles. The molecular weight excluding hydrogens is 850 g/mol. The molecule has 2 aliphatic rings. The van der Waals surface area contributed by atoms with Crippen molar-refractivity contribution in [3.63, 3.8) is 0 Å². The predicted molar refractivity (Wildman–Crippen MR) is 215 cm³/mol. The van der Waals surface area contributed by atoms with Crippen LogP contribution in [0.25, 0.3) is 0 Å². The molecule has 4 aromatic carbocycles. The summed E-state index contributed by atoms with van der Waals surface area (Å²) in [6, 6.07) is 18.0. The molecule has 6 rings (SSSR count). The molecule has 2 aliphatic heterocycles. The van der Waals surface area contributed by atoms with Crippen LogP contribution < -0.4 is 19.4 Å². The van der Waals surface area contributed by atoms with E-state index in [-0.39, 0.29) is 23.8 Å². The van der Waals surface area contributed by atoms with Gasteiger partial charge < -0.3 is 9.80 Å². The van der Waals surface area contributed by atoms with Gasteiger partial charge in [-0.05, 0) is 45.9 Å². The summed E-state index contributed by atoms with van der Waals surface area (Å²) in [6.45, 7) is 24.2. The van der Waals surface area contributed by atoms with Crippen LogP contribution in [0.1, 0.15) is 124 Å². The van der Waals surface area contributed by atoms with Gasteiger partial charge in [0.1, 0.15) is 0 Å². The van der Waals surface area contributed by atoms with Gasteiger partial charge in [-0.1, -0.05) is 91.8 Å². The van der Waals surface area contributed by atoms with E-state index in [9.17, 15) is 31.5 Å². The smallest absolute Gasteiger partial charge is 0.147 e. The Balaban J connectivity index is 0.000000249. The molecule has 6 nitrogen and oxygen atoms in total. The fourth-order valence-corrected chi connectivity index (χ4v) is 7.49. The maximum Gasteiger partial charge on any atom is -0.147 e. The largest absolute Gasteiger partial charge is 0.147 e. The number of fused-ring (bicyclic) bond motifs is 1. The van der Waals surface area contributed by atoms with Crippen LogP contribution in [0.2, 0.25) is 0 Å². The summed E-state index contributed by atoms with van der Waals surface area (Å²) in [5.74, 6) is -12.2. The van der Waals surface area contributed by atoms with Crippen molar-refractivity contribution in [3.8, 4) is 5.75 Å². The Hall–Kier alpha value is -4.15. The van der Waals surface area contributed by atoms with Crippen molar-refractivity contribution in [3.05, 3.63) is 124 Å². The summed E-state index contributed by atoms with van der Waals surface area (Å²) in [6.07, 6.45) is -1.23. The number of carbonyl (C=O) groups is 2. The van der Waals surface area contributed by atoms with Gasteiger partial charge in [0, 0.05) is 24.5 Å². The topological polar surface area (TPSA) is 53.1 Å². The average molecular weight is 898 g/mol. The number of amides is 2. The molecule has 1 unspecified atom stereocenters. The number of rotatable bonds is 8. The standard InChI is InChI=1S/C27H39N2.C17H8F5NO3.ClH.Ru/c1-18(2)22-11-9-12-23(19(3)4)26(22)28-15-16-29(17-28)27-24(20(5)6)13-10-14-25(27)21(7)8;1-6-4-3-5-8-15(6)26-7(2)16(24)23(8)17(25)9-10(18)12(20)14(22)13(21)11(9)19;;/h9-14,17-21H,15-16H2,1-8H3;1,3-5,7H,2H3;1H;/q-1;;;+1. The summed E-state index contributed by atoms with van der Waals surface area (Å²) < 4.78 is 75.2. The van der Waals surface area contributed by atoms with Gasteiger partial charge in [0.25, 0.3) is 0 Å². The van der Waals surface area contributed by atoms with Crippen molar-refractivity contribution in [2.75, 3.05) is 27.8 Å². The first kappa shape index (κ1) is 45.6. The molecule has 0 N–H and O–H groups in total. The predicted octanol–water partition coefficient (Wildman–Crippen LogP) is 11.1. The van der Waals surface area contributed by atoms with E-state index in [1.807, 2.05) is 0 Å². The molecule has 0 bridgehead atoms. The quantitative estimate of drug-likeness (QED) is 0.0440. The first-order valence-corrected chi connectivity index (χ1v) is 19.7. The van der Waals surface area contributed by atoms with Gasteiger partial charge in [0.05, 0.1) is 0 Å². The number of para-hydroxylation sites is 3. The summed E-state index contributed by atoms with van der Waals surface area (Å²) in [4.78, 5) is 30.5. The average Bonchev–Trinajstić information content (AvgIpc) is 3.66. The number of anilines is 3. The Morgan fingerprint density at radius 3 is 1.47 bits per heavy atom. The number of nitrogens with zero attached hydrogens (tertiary/aromatic N) is 3. The van der Waals surface area contributed by atoms with Gasteiger partial charge in [-0.2, -0.15) is 6.67 Å². The second-order valence-electron chi connectivity index (χ2n) is 15.2. The zero-order chi connectivity index (χ0) is 41.3. The minimum atomic E-state index is -2.40. The van der Waals surface area contributed by atoms with E-state index in [1.165, 1.54) is 57.3 Å². The first-order valence-electron chi connectivity index (χ1n) is 18.7. The molecular formula is C44H48ClF5N3O3Ru. The van der Waals surface area contributed by atoms with E-state index in [0.717, 1.165) is 13.1 Å². The van der Waals surface area contributed by atoms with Crippen molar-refractivity contribution >= 4 is 45.9 Å². The SMILES string of the molecule is CC(C)c1cccc(C(C)C)c1N1[CH-]N(c2c(C(C)C)cccc2C(C)C)CC1.CC1Oc2c([CH]=[Ru+])cccc2N(C(=O)c2c(F)c(F)c(F)c(F)c2F)C1=O.Cl. The van der Waals surface area contributed by atoms with Gasteiger partial charge >= 0.3 is 158 Å². The Kier molecular flexibility index (Phi) is 14.9. The number of halogens is 6. The summed E-state index contributed by atoms with van der Waals surface area (Å²) >= 11 is 2.18. The van der Waals surface area contributed by atoms with Crippen LogP contribution in [0.4, 0.5) is 39.0 Å². The molecule has 0 spiro atoms. The molecule has 1 fully saturated rings.